The predicted molar refractivity (Wildman–Crippen MR) is 54.9 cm³/mol. The number of aromatic nitrogens is 4. The van der Waals surface area contributed by atoms with E-state index in [0.29, 0.717) is 5.16 Å². The topological polar surface area (TPSA) is 101 Å². The Kier molecular flexibility index (Phi) is 4.23. The Balaban J connectivity index is 2.57. The van der Waals surface area contributed by atoms with Crippen LogP contribution in [0.4, 0.5) is 0 Å². The molecule has 1 aromatic heterocycles. The van der Waals surface area contributed by atoms with Crippen LogP contribution < -0.4 is 0 Å². The minimum atomic E-state index is -1.03. The Hall–Kier alpha value is -1.64. The van der Waals surface area contributed by atoms with E-state index in [4.69, 9.17) is 5.11 Å². The third-order valence-corrected chi connectivity index (χ3v) is 2.55. The Morgan fingerprint density at radius 2 is 2.19 bits per heavy atom. The number of thioether (sulfide) groups is 1. The first kappa shape index (κ1) is 12.4. The lowest BCUT2D eigenvalue weighted by Gasteiger charge is -2.08. The number of tetrazole rings is 1. The third kappa shape index (κ3) is 3.50. The van der Waals surface area contributed by atoms with E-state index in [-0.39, 0.29) is 18.2 Å². The Morgan fingerprint density at radius 1 is 1.50 bits per heavy atom. The van der Waals surface area contributed by atoms with E-state index in [1.165, 1.54) is 4.90 Å². The molecular formula is C7H11N5O3S. The highest BCUT2D eigenvalue weighted by molar-refractivity contribution is 7.99. The van der Waals surface area contributed by atoms with E-state index in [9.17, 15) is 9.59 Å². The summed E-state index contributed by atoms with van der Waals surface area (Å²) >= 11 is 1.10. The number of amides is 1. The first-order valence-electron chi connectivity index (χ1n) is 4.31. The molecule has 1 rings (SSSR count). The second kappa shape index (κ2) is 5.45. The molecule has 0 saturated carbocycles. The fourth-order valence-corrected chi connectivity index (χ4v) is 1.64. The Morgan fingerprint density at radius 3 is 2.75 bits per heavy atom. The summed E-state index contributed by atoms with van der Waals surface area (Å²) in [6, 6.07) is 0. The highest BCUT2D eigenvalue weighted by atomic mass is 32.2. The van der Waals surface area contributed by atoms with Crippen molar-refractivity contribution in [1.29, 1.82) is 0 Å². The van der Waals surface area contributed by atoms with Crippen LogP contribution in [0.2, 0.25) is 0 Å². The van der Waals surface area contributed by atoms with E-state index in [0.717, 1.165) is 16.4 Å². The first-order valence-corrected chi connectivity index (χ1v) is 5.30. The van der Waals surface area contributed by atoms with Gasteiger partial charge < -0.3 is 10.0 Å². The summed E-state index contributed by atoms with van der Waals surface area (Å²) in [5.74, 6) is -0.949. The molecule has 0 aliphatic heterocycles. The number of hydrogen-bond donors (Lipinski definition) is 1. The highest BCUT2D eigenvalue weighted by Gasteiger charge is 2.12. The minimum Gasteiger partial charge on any atom is -0.480 e. The molecule has 1 N–H and O–H groups in total. The molecule has 1 heterocycles. The molecule has 0 aromatic carbocycles. The molecule has 0 unspecified atom stereocenters. The molecule has 16 heavy (non-hydrogen) atoms. The quantitative estimate of drug-likeness (QED) is 0.659. The van der Waals surface area contributed by atoms with E-state index in [2.05, 4.69) is 15.5 Å². The van der Waals surface area contributed by atoms with Crippen molar-refractivity contribution in [3.05, 3.63) is 0 Å². The molecule has 88 valence electrons. The molecule has 0 aliphatic carbocycles. The summed E-state index contributed by atoms with van der Waals surface area (Å²) < 4.78 is 1.13. The Labute approximate surface area is 95.6 Å². The van der Waals surface area contributed by atoms with Gasteiger partial charge >= 0.3 is 5.97 Å². The van der Waals surface area contributed by atoms with Gasteiger partial charge in [0.2, 0.25) is 11.1 Å². The summed E-state index contributed by atoms with van der Waals surface area (Å²) in [7, 11) is 3.28. The maximum absolute atomic E-state index is 11.3. The fraction of sp³-hybridized carbons (Fsp3) is 0.571. The largest absolute Gasteiger partial charge is 0.480 e. The maximum atomic E-state index is 11.3. The summed E-state index contributed by atoms with van der Waals surface area (Å²) in [5.41, 5.74) is 0. The predicted octanol–water partition coefficient (Wildman–Crippen LogP) is -1.06. The number of carboxylic acid groups (broad SMARTS) is 1. The van der Waals surface area contributed by atoms with Crippen molar-refractivity contribution >= 4 is 23.6 Å². The second-order valence-corrected chi connectivity index (χ2v) is 4.03. The smallest absolute Gasteiger partial charge is 0.325 e. The zero-order chi connectivity index (χ0) is 12.1. The van der Waals surface area contributed by atoms with Gasteiger partial charge in [-0.2, -0.15) is 0 Å². The number of carboxylic acids is 1. The van der Waals surface area contributed by atoms with Crippen LogP contribution in [-0.4, -0.2) is 61.9 Å². The van der Waals surface area contributed by atoms with E-state index < -0.39 is 5.97 Å². The number of hydrogen-bond acceptors (Lipinski definition) is 6. The molecular weight excluding hydrogens is 234 g/mol. The van der Waals surface area contributed by atoms with E-state index in [1.807, 2.05) is 0 Å². The molecule has 0 fully saturated rings. The van der Waals surface area contributed by atoms with Crippen LogP contribution in [0.3, 0.4) is 0 Å². The maximum Gasteiger partial charge on any atom is 0.325 e. The normalized spacial score (nSPS) is 10.1. The van der Waals surface area contributed by atoms with Crippen molar-refractivity contribution in [1.82, 2.24) is 25.1 Å². The van der Waals surface area contributed by atoms with Gasteiger partial charge in [-0.15, -0.1) is 5.10 Å². The van der Waals surface area contributed by atoms with Gasteiger partial charge in [0.15, 0.2) is 0 Å². The zero-order valence-electron chi connectivity index (χ0n) is 8.82. The van der Waals surface area contributed by atoms with E-state index in [1.54, 1.807) is 14.1 Å². The van der Waals surface area contributed by atoms with Gasteiger partial charge in [0.25, 0.3) is 0 Å². The van der Waals surface area contributed by atoms with Crippen LogP contribution in [0.5, 0.6) is 0 Å². The van der Waals surface area contributed by atoms with Gasteiger partial charge in [-0.05, 0) is 10.4 Å². The summed E-state index contributed by atoms with van der Waals surface area (Å²) in [4.78, 5) is 23.2. The highest BCUT2D eigenvalue weighted by Crippen LogP contribution is 2.13. The molecule has 1 amide bonds. The summed E-state index contributed by atoms with van der Waals surface area (Å²) in [6.07, 6.45) is 0. The average Bonchev–Trinajstić information content (AvgIpc) is 2.60. The number of aliphatic carboxylic acids is 1. The summed E-state index contributed by atoms with van der Waals surface area (Å²) in [6.45, 7) is -0.314. The van der Waals surface area contributed by atoms with Gasteiger partial charge in [-0.25, -0.2) is 4.68 Å². The number of rotatable bonds is 5. The molecule has 1 aromatic rings. The minimum absolute atomic E-state index is 0.0881. The van der Waals surface area contributed by atoms with Crippen molar-refractivity contribution in [2.45, 2.75) is 11.7 Å². The fourth-order valence-electron chi connectivity index (χ4n) is 0.783. The molecule has 0 atom stereocenters. The average molecular weight is 245 g/mol. The number of carbonyl (C=O) groups excluding carboxylic acids is 1. The molecule has 0 bridgehead atoms. The van der Waals surface area contributed by atoms with Crippen molar-refractivity contribution < 1.29 is 14.7 Å². The SMILES string of the molecule is CN(C)C(=O)CSc1nnnn1CC(=O)O. The van der Waals surface area contributed by atoms with Gasteiger partial charge in [0, 0.05) is 14.1 Å². The van der Waals surface area contributed by atoms with Gasteiger partial charge in [-0.3, -0.25) is 9.59 Å². The van der Waals surface area contributed by atoms with Crippen LogP contribution >= 0.6 is 11.8 Å². The molecule has 0 radical (unpaired) electrons. The monoisotopic (exact) mass is 245 g/mol. The van der Waals surface area contributed by atoms with E-state index >= 15 is 0 Å². The third-order valence-electron chi connectivity index (χ3n) is 1.61. The van der Waals surface area contributed by atoms with Crippen LogP contribution in [-0.2, 0) is 16.1 Å². The van der Waals surface area contributed by atoms with Crippen molar-refractivity contribution in [3.8, 4) is 0 Å². The van der Waals surface area contributed by atoms with Crippen molar-refractivity contribution in [3.63, 3.8) is 0 Å². The standard InChI is InChI=1S/C7H11N5O3S/c1-11(2)5(13)4-16-7-8-9-10-12(7)3-6(14)15/h3-4H2,1-2H3,(H,14,15). The van der Waals surface area contributed by atoms with Crippen molar-refractivity contribution in [2.75, 3.05) is 19.8 Å². The van der Waals surface area contributed by atoms with Gasteiger partial charge in [0.05, 0.1) is 5.75 Å². The zero-order valence-corrected chi connectivity index (χ0v) is 9.64. The van der Waals surface area contributed by atoms with Crippen LogP contribution in [0, 0.1) is 0 Å². The van der Waals surface area contributed by atoms with Crippen LogP contribution in [0.1, 0.15) is 0 Å². The van der Waals surface area contributed by atoms with Gasteiger partial charge in [0.1, 0.15) is 6.54 Å². The lowest BCUT2D eigenvalue weighted by molar-refractivity contribution is -0.138. The molecule has 9 heteroatoms. The van der Waals surface area contributed by atoms with Gasteiger partial charge in [-0.1, -0.05) is 11.8 Å². The molecule has 0 saturated heterocycles. The van der Waals surface area contributed by atoms with Crippen molar-refractivity contribution in [2.24, 2.45) is 0 Å². The molecule has 0 aliphatic rings. The molecule has 0 spiro atoms. The summed E-state index contributed by atoms with van der Waals surface area (Å²) in [5, 5.41) is 19.4. The van der Waals surface area contributed by atoms with Crippen LogP contribution in [0.25, 0.3) is 0 Å². The molecule has 8 nitrogen and oxygen atoms in total. The number of carbonyl (C=O) groups is 2. The number of nitrogens with zero attached hydrogens (tertiary/aromatic N) is 5. The lowest BCUT2D eigenvalue weighted by atomic mass is 10.6. The van der Waals surface area contributed by atoms with Crippen LogP contribution in [0.15, 0.2) is 5.16 Å². The Bertz CT molecular complexity index is 391. The second-order valence-electron chi connectivity index (χ2n) is 3.09. The first-order chi connectivity index (χ1) is 7.50. The lowest BCUT2D eigenvalue weighted by Crippen LogP contribution is -2.23.